The second-order valence-electron chi connectivity index (χ2n) is 6.92. The first-order chi connectivity index (χ1) is 14.8. The molecule has 1 heterocycles. The van der Waals surface area contributed by atoms with E-state index in [0.29, 0.717) is 27.8 Å². The van der Waals surface area contributed by atoms with Crippen LogP contribution in [0.4, 0.5) is 0 Å². The van der Waals surface area contributed by atoms with Crippen molar-refractivity contribution in [3.05, 3.63) is 88.9 Å². The van der Waals surface area contributed by atoms with Crippen molar-refractivity contribution >= 4 is 22.8 Å². The van der Waals surface area contributed by atoms with E-state index < -0.39 is 11.5 Å². The predicted molar refractivity (Wildman–Crippen MR) is 117 cm³/mol. The number of pyridine rings is 1. The van der Waals surface area contributed by atoms with Crippen LogP contribution in [0.25, 0.3) is 33.7 Å². The molecule has 154 valence electrons. The van der Waals surface area contributed by atoms with E-state index in [1.54, 1.807) is 42.6 Å². The van der Waals surface area contributed by atoms with Crippen molar-refractivity contribution in [2.75, 3.05) is 0 Å². The number of rotatable bonds is 4. The molecule has 0 saturated carbocycles. The zero-order valence-electron chi connectivity index (χ0n) is 16.1. The molecule has 0 aliphatic rings. The number of carboxylic acids is 1. The fourth-order valence-corrected chi connectivity index (χ4v) is 3.40. The maximum atomic E-state index is 13.1. The van der Waals surface area contributed by atoms with Gasteiger partial charge in [0.15, 0.2) is 0 Å². The molecule has 0 aliphatic carbocycles. The summed E-state index contributed by atoms with van der Waals surface area (Å²) < 4.78 is 1.35. The van der Waals surface area contributed by atoms with Crippen LogP contribution in [0.5, 0.6) is 17.2 Å². The van der Waals surface area contributed by atoms with Crippen molar-refractivity contribution in [2.24, 2.45) is 0 Å². The Morgan fingerprint density at radius 3 is 2.19 bits per heavy atom. The van der Waals surface area contributed by atoms with Gasteiger partial charge in [-0.25, -0.2) is 4.79 Å². The Bertz CT molecular complexity index is 1380. The lowest BCUT2D eigenvalue weighted by molar-refractivity contribution is -0.131. The minimum absolute atomic E-state index is 0.0400. The standard InChI is InChI=1S/C24H17NO6/c26-17-8-6-16(7-9-17)25-13-20(15-4-1-14(2-5-15)3-10-22(29)30)19-11-18(27)12-21(28)23(19)24(25)31/h1-13,26-28H,(H,29,30)/b10-3+. The monoisotopic (exact) mass is 415 g/mol. The number of carbonyl (C=O) groups is 1. The highest BCUT2D eigenvalue weighted by Crippen LogP contribution is 2.35. The summed E-state index contributed by atoms with van der Waals surface area (Å²) >= 11 is 0. The number of phenolic OH excluding ortho intramolecular Hbond substituents is 3. The number of fused-ring (bicyclic) bond motifs is 1. The maximum Gasteiger partial charge on any atom is 0.328 e. The summed E-state index contributed by atoms with van der Waals surface area (Å²) in [6.07, 6.45) is 4.09. The molecule has 0 fully saturated rings. The third-order valence-electron chi connectivity index (χ3n) is 4.85. The summed E-state index contributed by atoms with van der Waals surface area (Å²) in [6, 6.07) is 15.5. The molecule has 0 aliphatic heterocycles. The van der Waals surface area contributed by atoms with Crippen LogP contribution in [-0.2, 0) is 4.79 Å². The van der Waals surface area contributed by atoms with Crippen molar-refractivity contribution in [1.29, 1.82) is 0 Å². The summed E-state index contributed by atoms with van der Waals surface area (Å²) in [7, 11) is 0. The molecule has 0 radical (unpaired) electrons. The van der Waals surface area contributed by atoms with Crippen LogP contribution in [-0.4, -0.2) is 31.0 Å². The first kappa shape index (κ1) is 19.8. The molecule has 7 nitrogen and oxygen atoms in total. The topological polar surface area (TPSA) is 120 Å². The van der Waals surface area contributed by atoms with Crippen LogP contribution < -0.4 is 5.56 Å². The molecule has 4 rings (SSSR count). The predicted octanol–water partition coefficient (Wildman–Crippen LogP) is 3.87. The molecule has 3 aromatic carbocycles. The van der Waals surface area contributed by atoms with E-state index in [4.69, 9.17) is 5.11 Å². The SMILES string of the molecule is O=C(O)/C=C/c1ccc(-c2cn(-c3ccc(O)cc3)c(=O)c3c(O)cc(O)cc23)cc1. The number of benzene rings is 3. The molecular weight excluding hydrogens is 398 g/mol. The van der Waals surface area contributed by atoms with Crippen LogP contribution in [0.3, 0.4) is 0 Å². The number of hydrogen-bond acceptors (Lipinski definition) is 5. The number of carboxylic acid groups (broad SMARTS) is 1. The zero-order valence-corrected chi connectivity index (χ0v) is 16.1. The smallest absolute Gasteiger partial charge is 0.328 e. The number of aliphatic carboxylic acids is 1. The van der Waals surface area contributed by atoms with E-state index >= 15 is 0 Å². The van der Waals surface area contributed by atoms with E-state index in [0.717, 1.165) is 12.1 Å². The van der Waals surface area contributed by atoms with Gasteiger partial charge in [0.25, 0.3) is 5.56 Å². The lowest BCUT2D eigenvalue weighted by Gasteiger charge is -2.14. The molecule has 0 spiro atoms. The van der Waals surface area contributed by atoms with Gasteiger partial charge in [-0.15, -0.1) is 0 Å². The van der Waals surface area contributed by atoms with Gasteiger partial charge in [0.1, 0.15) is 17.2 Å². The summed E-state index contributed by atoms with van der Waals surface area (Å²) in [5, 5.41) is 39.1. The average Bonchev–Trinajstić information content (AvgIpc) is 2.73. The van der Waals surface area contributed by atoms with E-state index in [2.05, 4.69) is 0 Å². The molecule has 0 unspecified atom stereocenters. The molecule has 4 N–H and O–H groups in total. The fraction of sp³-hybridized carbons (Fsp3) is 0. The minimum atomic E-state index is -1.05. The van der Waals surface area contributed by atoms with Gasteiger partial charge in [0.05, 0.1) is 5.39 Å². The lowest BCUT2D eigenvalue weighted by atomic mass is 9.98. The van der Waals surface area contributed by atoms with E-state index in [-0.39, 0.29) is 22.6 Å². The molecular formula is C24H17NO6. The van der Waals surface area contributed by atoms with Crippen molar-refractivity contribution in [2.45, 2.75) is 0 Å². The molecule has 4 aromatic rings. The van der Waals surface area contributed by atoms with Gasteiger partial charge in [-0.05, 0) is 47.5 Å². The molecule has 0 amide bonds. The van der Waals surface area contributed by atoms with Crippen molar-refractivity contribution < 1.29 is 25.2 Å². The van der Waals surface area contributed by atoms with E-state index in [1.165, 1.54) is 28.8 Å². The Kier molecular flexibility index (Phi) is 4.92. The Balaban J connectivity index is 1.97. The van der Waals surface area contributed by atoms with Crippen LogP contribution in [0.15, 0.2) is 77.7 Å². The van der Waals surface area contributed by atoms with Gasteiger partial charge in [0.2, 0.25) is 0 Å². The van der Waals surface area contributed by atoms with Crippen molar-refractivity contribution in [3.8, 4) is 34.1 Å². The van der Waals surface area contributed by atoms with Gasteiger partial charge < -0.3 is 20.4 Å². The maximum absolute atomic E-state index is 13.1. The number of hydrogen-bond donors (Lipinski definition) is 4. The summed E-state index contributed by atoms with van der Waals surface area (Å²) in [4.78, 5) is 23.8. The first-order valence-electron chi connectivity index (χ1n) is 9.25. The molecule has 7 heteroatoms. The molecule has 0 saturated heterocycles. The van der Waals surface area contributed by atoms with Crippen LogP contribution in [0.2, 0.25) is 0 Å². The van der Waals surface area contributed by atoms with Gasteiger partial charge in [0, 0.05) is 35.0 Å². The highest BCUT2D eigenvalue weighted by molar-refractivity contribution is 6.00. The van der Waals surface area contributed by atoms with E-state index in [1.807, 2.05) is 0 Å². The average molecular weight is 415 g/mol. The van der Waals surface area contributed by atoms with E-state index in [9.17, 15) is 24.9 Å². The largest absolute Gasteiger partial charge is 0.508 e. The number of aromatic hydroxyl groups is 3. The lowest BCUT2D eigenvalue weighted by Crippen LogP contribution is -2.18. The second-order valence-corrected chi connectivity index (χ2v) is 6.92. The molecule has 0 bridgehead atoms. The highest BCUT2D eigenvalue weighted by atomic mass is 16.4. The van der Waals surface area contributed by atoms with Crippen molar-refractivity contribution in [1.82, 2.24) is 4.57 Å². The Morgan fingerprint density at radius 2 is 1.55 bits per heavy atom. The molecule has 31 heavy (non-hydrogen) atoms. The number of phenols is 3. The molecule has 0 atom stereocenters. The second kappa shape index (κ2) is 7.72. The fourth-order valence-electron chi connectivity index (χ4n) is 3.40. The zero-order chi connectivity index (χ0) is 22.1. The summed E-state index contributed by atoms with van der Waals surface area (Å²) in [6.45, 7) is 0. The van der Waals surface area contributed by atoms with Crippen LogP contribution in [0, 0.1) is 0 Å². The molecule has 1 aromatic heterocycles. The number of aromatic nitrogens is 1. The van der Waals surface area contributed by atoms with Gasteiger partial charge in [-0.2, -0.15) is 0 Å². The summed E-state index contributed by atoms with van der Waals surface area (Å²) in [5.41, 5.74) is 1.94. The third kappa shape index (κ3) is 3.84. The van der Waals surface area contributed by atoms with Crippen molar-refractivity contribution in [3.63, 3.8) is 0 Å². The quantitative estimate of drug-likeness (QED) is 0.376. The third-order valence-corrected chi connectivity index (χ3v) is 4.85. The first-order valence-corrected chi connectivity index (χ1v) is 9.25. The van der Waals surface area contributed by atoms with Crippen LogP contribution >= 0.6 is 0 Å². The minimum Gasteiger partial charge on any atom is -0.508 e. The van der Waals surface area contributed by atoms with Crippen LogP contribution in [0.1, 0.15) is 5.56 Å². The Morgan fingerprint density at radius 1 is 0.871 bits per heavy atom. The normalized spacial score (nSPS) is 11.2. The Labute approximate surface area is 176 Å². The number of nitrogens with zero attached hydrogens (tertiary/aromatic N) is 1. The summed E-state index contributed by atoms with van der Waals surface area (Å²) in [5.74, 6) is -1.54. The van der Waals surface area contributed by atoms with Gasteiger partial charge in [-0.1, -0.05) is 24.3 Å². The van der Waals surface area contributed by atoms with Gasteiger partial charge >= 0.3 is 5.97 Å². The van der Waals surface area contributed by atoms with Gasteiger partial charge in [-0.3, -0.25) is 9.36 Å². The Hall–Kier alpha value is -4.52. The highest BCUT2D eigenvalue weighted by Gasteiger charge is 2.16.